The molecule has 41 heavy (non-hydrogen) atoms. The zero-order valence-electron chi connectivity index (χ0n) is 23.2. The molecule has 2 atom stereocenters. The van der Waals surface area contributed by atoms with E-state index >= 15 is 4.39 Å². The molecule has 2 fully saturated rings. The van der Waals surface area contributed by atoms with Crippen LogP contribution in [0.5, 0.6) is 0 Å². The molecule has 4 aromatic rings. The monoisotopic (exact) mass is 577 g/mol. The first-order valence-electron chi connectivity index (χ1n) is 13.6. The Hall–Kier alpha value is -3.83. The molecule has 0 radical (unpaired) electrons. The maximum atomic E-state index is 15.2. The highest BCUT2D eigenvalue weighted by molar-refractivity contribution is 7.89. The lowest BCUT2D eigenvalue weighted by Crippen LogP contribution is -2.57. The third-order valence-electron chi connectivity index (χ3n) is 7.71. The number of benzene rings is 2. The van der Waals surface area contributed by atoms with E-state index in [-0.39, 0.29) is 22.9 Å². The molecule has 1 saturated carbocycles. The smallest absolute Gasteiger partial charge is 0.410 e. The summed E-state index contributed by atoms with van der Waals surface area (Å²) in [6.45, 7) is 7.12. The summed E-state index contributed by atoms with van der Waals surface area (Å²) in [6.07, 6.45) is 2.99. The van der Waals surface area contributed by atoms with Crippen LogP contribution in [-0.2, 0) is 20.5 Å². The molecule has 2 unspecified atom stereocenters. The van der Waals surface area contributed by atoms with Gasteiger partial charge in [-0.15, -0.1) is 0 Å². The zero-order chi connectivity index (χ0) is 29.0. The predicted octanol–water partition coefficient (Wildman–Crippen LogP) is 4.68. The Kier molecular flexibility index (Phi) is 6.61. The number of carbonyl (C=O) groups excluding carboxylic acids is 1. The van der Waals surface area contributed by atoms with Crippen molar-refractivity contribution in [3.8, 4) is 11.1 Å². The molecule has 3 heterocycles. The largest absolute Gasteiger partial charge is 0.444 e. The number of aromatic nitrogens is 3. The average molecular weight is 578 g/mol. The van der Waals surface area contributed by atoms with Gasteiger partial charge in [0.15, 0.2) is 5.65 Å². The van der Waals surface area contributed by atoms with Crippen molar-refractivity contribution >= 4 is 27.1 Å². The Labute approximate surface area is 238 Å². The summed E-state index contributed by atoms with van der Waals surface area (Å²) in [5.41, 5.74) is 0.774. The van der Waals surface area contributed by atoms with Crippen LogP contribution >= 0.6 is 0 Å². The number of ether oxygens (including phenoxy) is 1. The number of piperazine rings is 1. The Morgan fingerprint density at radius 2 is 1.83 bits per heavy atom. The van der Waals surface area contributed by atoms with E-state index in [9.17, 15) is 13.2 Å². The molecule has 214 valence electrons. The van der Waals surface area contributed by atoms with Gasteiger partial charge in [-0.2, -0.15) is 0 Å². The molecule has 1 aliphatic heterocycles. The van der Waals surface area contributed by atoms with E-state index in [1.165, 1.54) is 18.6 Å². The molecule has 1 saturated heterocycles. The van der Waals surface area contributed by atoms with Crippen molar-refractivity contribution in [2.75, 3.05) is 19.6 Å². The lowest BCUT2D eigenvalue weighted by molar-refractivity contribution is 0.00747. The van der Waals surface area contributed by atoms with Gasteiger partial charge in [0.2, 0.25) is 10.0 Å². The molecule has 0 bridgehead atoms. The molecule has 2 aromatic heterocycles. The van der Waals surface area contributed by atoms with Gasteiger partial charge in [0, 0.05) is 48.3 Å². The molecule has 1 spiro atoms. The van der Waals surface area contributed by atoms with Crippen molar-refractivity contribution in [1.82, 2.24) is 24.2 Å². The van der Waals surface area contributed by atoms with Gasteiger partial charge in [-0.1, -0.05) is 48.5 Å². The highest BCUT2D eigenvalue weighted by Gasteiger charge is 2.63. The number of carbonyl (C=O) groups is 1. The summed E-state index contributed by atoms with van der Waals surface area (Å²) < 4.78 is 49.6. The Morgan fingerprint density at radius 1 is 1.10 bits per heavy atom. The van der Waals surface area contributed by atoms with Crippen LogP contribution in [0.4, 0.5) is 9.18 Å². The number of amides is 1. The van der Waals surface area contributed by atoms with Crippen molar-refractivity contribution in [1.29, 1.82) is 0 Å². The average Bonchev–Trinajstić information content (AvgIpc) is 3.46. The van der Waals surface area contributed by atoms with Crippen LogP contribution in [0.3, 0.4) is 0 Å². The van der Waals surface area contributed by atoms with Crippen LogP contribution in [0.15, 0.2) is 67.1 Å². The minimum absolute atomic E-state index is 0.179. The van der Waals surface area contributed by atoms with Gasteiger partial charge in [-0.05, 0) is 38.8 Å². The highest BCUT2D eigenvalue weighted by atomic mass is 32.2. The number of rotatable bonds is 5. The minimum Gasteiger partial charge on any atom is -0.444 e. The Balaban J connectivity index is 1.49. The van der Waals surface area contributed by atoms with Gasteiger partial charge in [0.25, 0.3) is 0 Å². The number of fused-ring (bicyclic) bond motifs is 1. The van der Waals surface area contributed by atoms with Gasteiger partial charge in [-0.3, -0.25) is 4.90 Å². The SMILES string of the molecule is CC(C)(C)OC(=O)N1CCNCC12CC2c1ncnc2c1c(-c1ccccc1F)cn2S(=O)(=O)Cc1ccccc1. The lowest BCUT2D eigenvalue weighted by Gasteiger charge is -2.38. The first-order chi connectivity index (χ1) is 19.5. The Morgan fingerprint density at radius 3 is 2.56 bits per heavy atom. The van der Waals surface area contributed by atoms with Crippen LogP contribution in [0.1, 0.15) is 44.4 Å². The van der Waals surface area contributed by atoms with E-state index in [0.717, 1.165) is 3.97 Å². The quantitative estimate of drug-likeness (QED) is 0.367. The van der Waals surface area contributed by atoms with E-state index in [2.05, 4.69) is 15.3 Å². The fraction of sp³-hybridized carbons (Fsp3) is 0.367. The van der Waals surface area contributed by atoms with Crippen LogP contribution < -0.4 is 5.32 Å². The number of hydrogen-bond donors (Lipinski definition) is 1. The van der Waals surface area contributed by atoms with Crippen LogP contribution in [0.25, 0.3) is 22.2 Å². The molecule has 1 N–H and O–H groups in total. The molecule has 1 amide bonds. The fourth-order valence-electron chi connectivity index (χ4n) is 5.82. The Bertz CT molecular complexity index is 1730. The van der Waals surface area contributed by atoms with E-state index in [4.69, 9.17) is 4.74 Å². The molecular weight excluding hydrogens is 545 g/mol. The third-order valence-corrected chi connectivity index (χ3v) is 9.28. The molecule has 9 nitrogen and oxygen atoms in total. The highest BCUT2D eigenvalue weighted by Crippen LogP contribution is 2.57. The second-order valence-electron chi connectivity index (χ2n) is 11.7. The summed E-state index contributed by atoms with van der Waals surface area (Å²) in [4.78, 5) is 24.1. The van der Waals surface area contributed by atoms with Crippen LogP contribution in [-0.4, -0.2) is 64.1 Å². The standard InChI is InChI=1S/C30H32FN5O4S/c1-29(2,3)40-28(37)35-14-13-32-18-30(35)15-23(30)26-25-22(21-11-7-8-12-24(21)31)16-36(27(25)34-19-33-26)41(38,39)17-20-9-5-4-6-10-20/h4-12,16,19,23,32H,13-15,17-18H2,1-3H3. The number of hydrogen-bond acceptors (Lipinski definition) is 7. The summed E-state index contributed by atoms with van der Waals surface area (Å²) >= 11 is 0. The molecule has 6 rings (SSSR count). The third kappa shape index (κ3) is 4.97. The summed E-state index contributed by atoms with van der Waals surface area (Å²) in [7, 11) is -3.93. The minimum atomic E-state index is -3.93. The number of halogens is 1. The normalized spacial score (nSPS) is 20.9. The molecule has 2 aromatic carbocycles. The van der Waals surface area contributed by atoms with Crippen molar-refractivity contribution in [2.24, 2.45) is 0 Å². The fourth-order valence-corrected chi connectivity index (χ4v) is 7.24. The maximum Gasteiger partial charge on any atom is 0.410 e. The van der Waals surface area contributed by atoms with Gasteiger partial charge in [0.1, 0.15) is 17.7 Å². The van der Waals surface area contributed by atoms with Gasteiger partial charge >= 0.3 is 6.09 Å². The first kappa shape index (κ1) is 27.3. The van der Waals surface area contributed by atoms with E-state index in [0.29, 0.717) is 48.3 Å². The van der Waals surface area contributed by atoms with Gasteiger partial charge in [0.05, 0.1) is 17.0 Å². The molecule has 1 aliphatic carbocycles. The van der Waals surface area contributed by atoms with Crippen molar-refractivity contribution < 1.29 is 22.3 Å². The summed E-state index contributed by atoms with van der Waals surface area (Å²) in [6, 6.07) is 15.1. The first-order valence-corrected chi connectivity index (χ1v) is 15.2. The summed E-state index contributed by atoms with van der Waals surface area (Å²) in [5.74, 6) is -0.967. The zero-order valence-corrected chi connectivity index (χ0v) is 24.0. The number of nitrogens with one attached hydrogen (secondary N) is 1. The van der Waals surface area contributed by atoms with E-state index in [1.807, 2.05) is 26.8 Å². The molecule has 2 aliphatic rings. The van der Waals surface area contributed by atoms with Crippen molar-refractivity contribution in [3.63, 3.8) is 0 Å². The van der Waals surface area contributed by atoms with Gasteiger partial charge < -0.3 is 10.1 Å². The van der Waals surface area contributed by atoms with E-state index < -0.39 is 33.1 Å². The summed E-state index contributed by atoms with van der Waals surface area (Å²) in [5, 5.41) is 3.85. The second kappa shape index (κ2) is 9.92. The lowest BCUT2D eigenvalue weighted by atomic mass is 10.00. The van der Waals surface area contributed by atoms with Crippen LogP contribution in [0.2, 0.25) is 0 Å². The van der Waals surface area contributed by atoms with Gasteiger partial charge in [-0.25, -0.2) is 31.5 Å². The topological polar surface area (TPSA) is 106 Å². The van der Waals surface area contributed by atoms with E-state index in [1.54, 1.807) is 47.4 Å². The molecule has 11 heteroatoms. The second-order valence-corrected chi connectivity index (χ2v) is 13.5. The van der Waals surface area contributed by atoms with Crippen molar-refractivity contribution in [2.45, 2.75) is 50.0 Å². The molecular formula is C30H32FN5O4S. The predicted molar refractivity (Wildman–Crippen MR) is 153 cm³/mol. The maximum absolute atomic E-state index is 15.2. The van der Waals surface area contributed by atoms with Crippen LogP contribution in [0, 0.1) is 5.82 Å². The number of nitrogens with zero attached hydrogens (tertiary/aromatic N) is 4. The van der Waals surface area contributed by atoms with Crippen molar-refractivity contribution in [3.05, 3.63) is 84.2 Å².